The molecule has 1 heterocycles. The monoisotopic (exact) mass is 305 g/mol. The zero-order valence-electron chi connectivity index (χ0n) is 9.82. The molecule has 1 aromatic heterocycles. The molecule has 2 N–H and O–H groups in total. The normalized spacial score (nSPS) is 11.8. The maximum Gasteiger partial charge on any atom is 0.255 e. The van der Waals surface area contributed by atoms with Crippen molar-refractivity contribution >= 4 is 31.6 Å². The van der Waals surface area contributed by atoms with Crippen LogP contribution in [0.5, 0.6) is 0 Å². The van der Waals surface area contributed by atoms with Crippen molar-refractivity contribution in [1.82, 2.24) is 9.11 Å². The fraction of sp³-hybridized carbons (Fsp3) is 0.111. The van der Waals surface area contributed by atoms with Crippen LogP contribution in [0.25, 0.3) is 0 Å². The van der Waals surface area contributed by atoms with E-state index in [0.29, 0.717) is 6.26 Å². The molecule has 19 heavy (non-hydrogen) atoms. The van der Waals surface area contributed by atoms with Gasteiger partial charge in [0.1, 0.15) is 4.90 Å². The van der Waals surface area contributed by atoms with Gasteiger partial charge in [0.25, 0.3) is 10.0 Å². The lowest BCUT2D eigenvalue weighted by atomic mass is 10.4. The summed E-state index contributed by atoms with van der Waals surface area (Å²) in [5, 5.41) is 2.31. The van der Waals surface area contributed by atoms with Crippen molar-refractivity contribution in [1.29, 1.82) is 0 Å². The van der Waals surface area contributed by atoms with Gasteiger partial charge >= 0.3 is 0 Å². The standard InChI is InChI=1S/C9H11N3O5S2/c1-3-9(13)11-7-4-8(6-10-5-7)19(16,17)12-18(2,14)15/h3-6,12H,1H2,2H3,(H,11,13). The van der Waals surface area contributed by atoms with E-state index >= 15 is 0 Å². The third-order valence-electron chi connectivity index (χ3n) is 1.74. The van der Waals surface area contributed by atoms with E-state index in [1.165, 1.54) is 10.3 Å². The Kier molecular flexibility index (Phi) is 4.39. The lowest BCUT2D eigenvalue weighted by molar-refractivity contribution is -0.111. The smallest absolute Gasteiger partial charge is 0.255 e. The number of anilines is 1. The molecule has 0 aromatic carbocycles. The number of nitrogens with zero attached hydrogens (tertiary/aromatic N) is 1. The van der Waals surface area contributed by atoms with E-state index in [-0.39, 0.29) is 10.6 Å². The molecular formula is C9H11N3O5S2. The summed E-state index contributed by atoms with van der Waals surface area (Å²) in [4.78, 5) is 14.3. The zero-order chi connectivity index (χ0) is 14.7. The topological polar surface area (TPSA) is 122 Å². The number of aromatic nitrogens is 1. The van der Waals surface area contributed by atoms with Crippen LogP contribution in [0.4, 0.5) is 5.69 Å². The molecule has 0 saturated carbocycles. The summed E-state index contributed by atoms with van der Waals surface area (Å²) in [7, 11) is -8.20. The predicted octanol–water partition coefficient (Wildman–Crippen LogP) is -0.556. The van der Waals surface area contributed by atoms with Gasteiger partial charge in [-0.2, -0.15) is 0 Å². The molecule has 0 spiro atoms. The predicted molar refractivity (Wildman–Crippen MR) is 68.2 cm³/mol. The average Bonchev–Trinajstić information content (AvgIpc) is 2.26. The summed E-state index contributed by atoms with van der Waals surface area (Å²) in [5.74, 6) is -0.549. The van der Waals surface area contributed by atoms with Gasteiger partial charge in [0.05, 0.1) is 18.1 Å². The van der Waals surface area contributed by atoms with Crippen molar-refractivity contribution in [3.8, 4) is 0 Å². The van der Waals surface area contributed by atoms with Crippen molar-refractivity contribution in [2.75, 3.05) is 11.6 Å². The first-order chi connectivity index (χ1) is 8.64. The fourth-order valence-electron chi connectivity index (χ4n) is 1.07. The number of sulfonamides is 2. The van der Waals surface area contributed by atoms with Crippen LogP contribution >= 0.6 is 0 Å². The van der Waals surface area contributed by atoms with Crippen LogP contribution < -0.4 is 9.44 Å². The highest BCUT2D eigenvalue weighted by molar-refractivity contribution is 8.04. The lowest BCUT2D eigenvalue weighted by Crippen LogP contribution is -2.29. The van der Waals surface area contributed by atoms with E-state index in [9.17, 15) is 21.6 Å². The average molecular weight is 305 g/mol. The molecule has 1 aromatic rings. The lowest BCUT2D eigenvalue weighted by Gasteiger charge is -2.06. The Bertz CT molecular complexity index is 709. The first-order valence-electron chi connectivity index (χ1n) is 4.76. The zero-order valence-corrected chi connectivity index (χ0v) is 11.5. The van der Waals surface area contributed by atoms with Gasteiger partial charge in [0.15, 0.2) is 0 Å². The molecule has 0 aliphatic rings. The van der Waals surface area contributed by atoms with Gasteiger partial charge in [-0.1, -0.05) is 6.58 Å². The molecule has 1 rings (SSSR count). The fourth-order valence-corrected chi connectivity index (χ4v) is 3.54. The highest BCUT2D eigenvalue weighted by Gasteiger charge is 2.20. The summed E-state index contributed by atoms with van der Waals surface area (Å²) >= 11 is 0. The van der Waals surface area contributed by atoms with Crippen LogP contribution in [0.15, 0.2) is 36.0 Å². The van der Waals surface area contributed by atoms with Crippen molar-refractivity contribution in [2.45, 2.75) is 4.90 Å². The van der Waals surface area contributed by atoms with Gasteiger partial charge in [0, 0.05) is 6.20 Å². The summed E-state index contributed by atoms with van der Waals surface area (Å²) in [5.41, 5.74) is 0.0984. The minimum absolute atomic E-state index is 0.0984. The number of nitrogens with one attached hydrogen (secondary N) is 2. The molecule has 0 saturated heterocycles. The van der Waals surface area contributed by atoms with Crippen LogP contribution in [0, 0.1) is 0 Å². The second kappa shape index (κ2) is 5.47. The largest absolute Gasteiger partial charge is 0.321 e. The maximum absolute atomic E-state index is 11.7. The van der Waals surface area contributed by atoms with Crippen molar-refractivity contribution in [3.05, 3.63) is 31.1 Å². The minimum Gasteiger partial charge on any atom is -0.321 e. The van der Waals surface area contributed by atoms with E-state index in [2.05, 4.69) is 16.9 Å². The molecule has 8 nitrogen and oxygen atoms in total. The van der Waals surface area contributed by atoms with Crippen LogP contribution in [-0.4, -0.2) is 34.0 Å². The summed E-state index contributed by atoms with van der Waals surface area (Å²) < 4.78 is 46.7. The molecular weight excluding hydrogens is 294 g/mol. The highest BCUT2D eigenvalue weighted by atomic mass is 32.3. The van der Waals surface area contributed by atoms with Gasteiger partial charge in [-0.05, 0) is 12.1 Å². The van der Waals surface area contributed by atoms with E-state index < -0.39 is 26.0 Å². The van der Waals surface area contributed by atoms with Gasteiger partial charge < -0.3 is 5.32 Å². The van der Waals surface area contributed by atoms with Crippen LogP contribution in [0.2, 0.25) is 0 Å². The summed E-state index contributed by atoms with van der Waals surface area (Å²) in [6.45, 7) is 3.23. The molecule has 0 radical (unpaired) electrons. The Balaban J connectivity index is 3.12. The minimum atomic E-state index is -4.26. The Morgan fingerprint density at radius 3 is 2.47 bits per heavy atom. The third-order valence-corrected chi connectivity index (χ3v) is 4.67. The number of rotatable bonds is 5. The number of hydrogen-bond donors (Lipinski definition) is 2. The summed E-state index contributed by atoms with van der Waals surface area (Å²) in [6.07, 6.45) is 3.87. The Morgan fingerprint density at radius 1 is 1.32 bits per heavy atom. The number of carbonyl (C=O) groups excluding carboxylic acids is 1. The van der Waals surface area contributed by atoms with E-state index in [4.69, 9.17) is 0 Å². The van der Waals surface area contributed by atoms with E-state index in [1.54, 1.807) is 0 Å². The molecule has 0 aliphatic carbocycles. The quantitative estimate of drug-likeness (QED) is 0.703. The molecule has 10 heteroatoms. The van der Waals surface area contributed by atoms with Crippen molar-refractivity contribution < 1.29 is 21.6 Å². The second-order valence-electron chi connectivity index (χ2n) is 3.46. The molecule has 0 atom stereocenters. The number of carbonyl (C=O) groups is 1. The number of pyridine rings is 1. The van der Waals surface area contributed by atoms with E-state index in [0.717, 1.165) is 18.3 Å². The molecule has 0 unspecified atom stereocenters. The van der Waals surface area contributed by atoms with Crippen molar-refractivity contribution in [2.24, 2.45) is 0 Å². The number of amides is 1. The number of hydrogen-bond acceptors (Lipinski definition) is 6. The first kappa shape index (κ1) is 15.3. The summed E-state index contributed by atoms with van der Waals surface area (Å²) in [6, 6.07) is 1.07. The van der Waals surface area contributed by atoms with Gasteiger partial charge in [-0.15, -0.1) is 4.13 Å². The van der Waals surface area contributed by atoms with Crippen LogP contribution in [0.1, 0.15) is 0 Å². The molecule has 104 valence electrons. The molecule has 0 bridgehead atoms. The Labute approximate surface area is 110 Å². The van der Waals surface area contributed by atoms with Gasteiger partial charge in [-0.25, -0.2) is 16.8 Å². The van der Waals surface area contributed by atoms with Crippen LogP contribution in [-0.2, 0) is 24.8 Å². The SMILES string of the molecule is C=CC(=O)Nc1cncc(S(=O)(=O)NS(C)(=O)=O)c1. The van der Waals surface area contributed by atoms with Crippen LogP contribution in [0.3, 0.4) is 0 Å². The molecule has 0 aliphatic heterocycles. The van der Waals surface area contributed by atoms with Crippen molar-refractivity contribution in [3.63, 3.8) is 0 Å². The molecule has 0 fully saturated rings. The Morgan fingerprint density at radius 2 is 1.95 bits per heavy atom. The van der Waals surface area contributed by atoms with Gasteiger partial charge in [0.2, 0.25) is 15.9 Å². The molecule has 1 amide bonds. The second-order valence-corrected chi connectivity index (χ2v) is 7.15. The third kappa shape index (κ3) is 4.77. The first-order valence-corrected chi connectivity index (χ1v) is 8.13. The maximum atomic E-state index is 11.7. The Hall–Kier alpha value is -1.78. The van der Waals surface area contributed by atoms with E-state index in [1.807, 2.05) is 0 Å². The highest BCUT2D eigenvalue weighted by Crippen LogP contribution is 2.13. The van der Waals surface area contributed by atoms with Gasteiger partial charge in [-0.3, -0.25) is 9.78 Å².